The first-order chi connectivity index (χ1) is 19.3. The predicted octanol–water partition coefficient (Wildman–Crippen LogP) is 6.73. The molecule has 0 spiro atoms. The van der Waals surface area contributed by atoms with E-state index in [-0.39, 0.29) is 18.2 Å². The van der Waals surface area contributed by atoms with E-state index in [1.165, 1.54) is 46.2 Å². The third-order valence-corrected chi connectivity index (χ3v) is 8.38. The Balaban J connectivity index is 1.07. The first kappa shape index (κ1) is 26.5. The van der Waals surface area contributed by atoms with Gasteiger partial charge in [0.1, 0.15) is 11.4 Å². The van der Waals surface area contributed by atoms with E-state index in [4.69, 9.17) is 0 Å². The lowest BCUT2D eigenvalue weighted by Gasteiger charge is -2.25. The lowest BCUT2D eigenvalue weighted by atomic mass is 10.0. The number of ether oxygens (including phenoxy) is 1. The number of aromatic nitrogens is 1. The van der Waals surface area contributed by atoms with Crippen LogP contribution in [-0.4, -0.2) is 46.7 Å². The van der Waals surface area contributed by atoms with Crippen molar-refractivity contribution in [3.63, 3.8) is 0 Å². The lowest BCUT2D eigenvalue weighted by Crippen LogP contribution is -2.35. The molecule has 1 aliphatic carbocycles. The van der Waals surface area contributed by atoms with Crippen LogP contribution in [0.25, 0.3) is 11.1 Å². The molecule has 3 aromatic carbocycles. The van der Waals surface area contributed by atoms with Crippen molar-refractivity contribution < 1.29 is 22.7 Å². The van der Waals surface area contributed by atoms with Gasteiger partial charge in [-0.15, -0.1) is 24.5 Å². The maximum absolute atomic E-state index is 13.3. The van der Waals surface area contributed by atoms with Crippen LogP contribution in [0.15, 0.2) is 89.8 Å². The zero-order chi connectivity index (χ0) is 27.7. The summed E-state index contributed by atoms with van der Waals surface area (Å²) in [6.07, 6.45) is -4.77. The number of piperidine rings is 1. The van der Waals surface area contributed by atoms with Crippen LogP contribution >= 0.6 is 11.3 Å². The Bertz CT molecular complexity index is 1430. The minimum Gasteiger partial charge on any atom is -0.406 e. The number of carbonyl (C=O) groups is 1. The van der Waals surface area contributed by atoms with E-state index >= 15 is 0 Å². The molecule has 2 heterocycles. The number of amides is 1. The molecule has 2 aliphatic rings. The van der Waals surface area contributed by atoms with Crippen LogP contribution in [0.1, 0.15) is 21.6 Å². The first-order valence-corrected chi connectivity index (χ1v) is 14.2. The summed E-state index contributed by atoms with van der Waals surface area (Å²) in [5.74, 6) is 0.892. The Kier molecular flexibility index (Phi) is 7.33. The maximum atomic E-state index is 13.3. The van der Waals surface area contributed by atoms with E-state index in [1.54, 1.807) is 21.9 Å². The standard InChI is InChI=1S/C31H28F3N3O2S/c32-31(33,34)39-25-8-4-5-22(13-25)15-37(30(38)29-19-40-20-35-29)18-28-26-16-36(17-27(26)28)14-21-9-11-24(12-10-21)23-6-2-1-3-7-23/h1-13,19-20,26-28H,14-18H2. The fraction of sp³-hybridized carbons (Fsp3) is 0.290. The quantitative estimate of drug-likeness (QED) is 0.227. The van der Waals surface area contributed by atoms with Crippen molar-refractivity contribution in [2.24, 2.45) is 17.8 Å². The van der Waals surface area contributed by atoms with Crippen LogP contribution in [0.3, 0.4) is 0 Å². The third-order valence-electron chi connectivity index (χ3n) is 7.79. The van der Waals surface area contributed by atoms with Crippen molar-refractivity contribution in [3.05, 3.63) is 107 Å². The molecule has 1 aromatic heterocycles. The second-order valence-corrected chi connectivity index (χ2v) is 11.2. The Hall–Kier alpha value is -3.69. The van der Waals surface area contributed by atoms with Gasteiger partial charge in [0.05, 0.1) is 5.51 Å². The van der Waals surface area contributed by atoms with E-state index in [0.717, 1.165) is 19.6 Å². The highest BCUT2D eigenvalue weighted by Crippen LogP contribution is 2.52. The molecule has 1 aliphatic heterocycles. The van der Waals surface area contributed by atoms with Crippen molar-refractivity contribution in [1.29, 1.82) is 0 Å². The number of likely N-dealkylation sites (tertiary alicyclic amines) is 1. The number of thiazole rings is 1. The number of carbonyl (C=O) groups excluding carboxylic acids is 1. The zero-order valence-corrected chi connectivity index (χ0v) is 22.4. The molecule has 5 nitrogen and oxygen atoms in total. The van der Waals surface area contributed by atoms with Gasteiger partial charge in [-0.2, -0.15) is 0 Å². The van der Waals surface area contributed by atoms with Gasteiger partial charge in [0.2, 0.25) is 0 Å². The Morgan fingerprint density at radius 1 is 0.950 bits per heavy atom. The van der Waals surface area contributed by atoms with Gasteiger partial charge in [-0.25, -0.2) is 4.98 Å². The number of fused-ring (bicyclic) bond motifs is 1. The van der Waals surface area contributed by atoms with Crippen LogP contribution in [0.5, 0.6) is 5.75 Å². The van der Waals surface area contributed by atoms with Gasteiger partial charge in [0.25, 0.3) is 5.91 Å². The summed E-state index contributed by atoms with van der Waals surface area (Å²) < 4.78 is 42.2. The first-order valence-electron chi connectivity index (χ1n) is 13.2. The number of alkyl halides is 3. The summed E-state index contributed by atoms with van der Waals surface area (Å²) in [5.41, 5.74) is 6.23. The Morgan fingerprint density at radius 3 is 2.35 bits per heavy atom. The van der Waals surface area contributed by atoms with E-state index in [9.17, 15) is 18.0 Å². The van der Waals surface area contributed by atoms with Gasteiger partial charge >= 0.3 is 6.36 Å². The topological polar surface area (TPSA) is 45.7 Å². The number of benzene rings is 3. The van der Waals surface area contributed by atoms with Gasteiger partial charge < -0.3 is 9.64 Å². The number of hydrogen-bond acceptors (Lipinski definition) is 5. The molecule has 0 radical (unpaired) electrons. The molecule has 9 heteroatoms. The highest BCUT2D eigenvalue weighted by atomic mass is 32.1. The molecule has 2 atom stereocenters. The van der Waals surface area contributed by atoms with Gasteiger partial charge in [0, 0.05) is 38.1 Å². The number of hydrogen-bond donors (Lipinski definition) is 0. The van der Waals surface area contributed by atoms with Crippen LogP contribution in [0.2, 0.25) is 0 Å². The summed E-state index contributed by atoms with van der Waals surface area (Å²) in [5, 5.41) is 1.71. The predicted molar refractivity (Wildman–Crippen MR) is 148 cm³/mol. The molecule has 6 rings (SSSR count). The van der Waals surface area contributed by atoms with Crippen molar-refractivity contribution >= 4 is 17.2 Å². The average Bonchev–Trinajstić information content (AvgIpc) is 3.32. The van der Waals surface area contributed by atoms with Crippen molar-refractivity contribution in [1.82, 2.24) is 14.8 Å². The van der Waals surface area contributed by atoms with Crippen molar-refractivity contribution in [3.8, 4) is 16.9 Å². The molecule has 1 amide bonds. The Morgan fingerprint density at radius 2 is 1.68 bits per heavy atom. The SMILES string of the molecule is O=C(c1cscn1)N(Cc1cccc(OC(F)(F)F)c1)CC1C2CN(Cc3ccc(-c4ccccc4)cc3)CC21. The molecule has 206 valence electrons. The van der Waals surface area contributed by atoms with Crippen LogP contribution in [-0.2, 0) is 13.1 Å². The highest BCUT2D eigenvalue weighted by Gasteiger charge is 2.55. The summed E-state index contributed by atoms with van der Waals surface area (Å²) in [4.78, 5) is 21.7. The van der Waals surface area contributed by atoms with Crippen LogP contribution in [0.4, 0.5) is 13.2 Å². The largest absolute Gasteiger partial charge is 0.573 e. The molecular formula is C31H28F3N3O2S. The minimum absolute atomic E-state index is 0.193. The lowest BCUT2D eigenvalue weighted by molar-refractivity contribution is -0.274. The van der Waals surface area contributed by atoms with E-state index < -0.39 is 6.36 Å². The van der Waals surface area contributed by atoms with Crippen LogP contribution < -0.4 is 4.74 Å². The Labute approximate surface area is 234 Å². The fourth-order valence-corrected chi connectivity index (χ4v) is 6.37. The number of nitrogens with zero attached hydrogens (tertiary/aromatic N) is 3. The van der Waals surface area contributed by atoms with Gasteiger partial charge in [-0.1, -0.05) is 66.7 Å². The normalized spacial score (nSPS) is 20.2. The van der Waals surface area contributed by atoms with Crippen molar-refractivity contribution in [2.75, 3.05) is 19.6 Å². The minimum atomic E-state index is -4.77. The second-order valence-electron chi connectivity index (χ2n) is 10.5. The molecule has 40 heavy (non-hydrogen) atoms. The van der Waals surface area contributed by atoms with E-state index in [2.05, 4.69) is 51.0 Å². The molecule has 1 saturated carbocycles. The second kappa shape index (κ2) is 11.1. The smallest absolute Gasteiger partial charge is 0.406 e. The molecule has 2 unspecified atom stereocenters. The van der Waals surface area contributed by atoms with Crippen LogP contribution in [0, 0.1) is 17.8 Å². The number of rotatable bonds is 9. The summed E-state index contributed by atoms with van der Waals surface area (Å²) in [7, 11) is 0. The van der Waals surface area contributed by atoms with Gasteiger partial charge in [0.15, 0.2) is 0 Å². The highest BCUT2D eigenvalue weighted by molar-refractivity contribution is 7.07. The molecule has 1 saturated heterocycles. The van der Waals surface area contributed by atoms with Gasteiger partial charge in [-0.3, -0.25) is 9.69 Å². The molecule has 0 bridgehead atoms. The zero-order valence-electron chi connectivity index (χ0n) is 21.6. The monoisotopic (exact) mass is 563 g/mol. The van der Waals surface area contributed by atoms with E-state index in [1.807, 2.05) is 18.2 Å². The molecule has 2 fully saturated rings. The molecule has 0 N–H and O–H groups in total. The van der Waals surface area contributed by atoms with Crippen molar-refractivity contribution in [2.45, 2.75) is 19.5 Å². The molecule has 4 aromatic rings. The third kappa shape index (κ3) is 6.21. The molecular weight excluding hydrogens is 535 g/mol. The number of halogens is 3. The fourth-order valence-electron chi connectivity index (χ4n) is 5.84. The maximum Gasteiger partial charge on any atom is 0.573 e. The summed E-state index contributed by atoms with van der Waals surface area (Å²) in [6.45, 7) is 3.59. The average molecular weight is 564 g/mol. The van der Waals surface area contributed by atoms with Gasteiger partial charge in [-0.05, 0) is 52.1 Å². The van der Waals surface area contributed by atoms with E-state index in [0.29, 0.717) is 35.6 Å². The summed E-state index contributed by atoms with van der Waals surface area (Å²) >= 11 is 1.34. The summed E-state index contributed by atoms with van der Waals surface area (Å²) in [6, 6.07) is 24.9.